The van der Waals surface area contributed by atoms with Crippen LogP contribution < -0.4 is 9.47 Å². The third-order valence-electron chi connectivity index (χ3n) is 5.41. The predicted molar refractivity (Wildman–Crippen MR) is 114 cm³/mol. The van der Waals surface area contributed by atoms with E-state index >= 15 is 0 Å². The number of likely N-dealkylation sites (N-methyl/N-ethyl adjacent to an activating group) is 1. The van der Waals surface area contributed by atoms with Crippen LogP contribution in [0.2, 0.25) is 0 Å². The lowest BCUT2D eigenvalue weighted by molar-refractivity contribution is 0.387. The molecule has 2 aromatic carbocycles. The Balaban J connectivity index is 2.15. The minimum Gasteiger partial charge on any atom is -0.497 e. The number of benzene rings is 2. The average Bonchev–Trinajstić information content (AvgIpc) is 2.99. The summed E-state index contributed by atoms with van der Waals surface area (Å²) >= 11 is 0. The molecule has 0 aliphatic rings. The summed E-state index contributed by atoms with van der Waals surface area (Å²) in [5.41, 5.74) is 7.00. The summed E-state index contributed by atoms with van der Waals surface area (Å²) in [7, 11) is 7.50. The molecule has 0 aliphatic carbocycles. The standard InChI is InChI=1S/C22H26N4O2/c1-13-7-8-16-20(14(13)2)24-21-19-17(11-15(27-5)12-18(19)28-6)26(22(21)23-16)10-9-25(3)4/h7-8,11-12H,9-10H2,1-6H3. The summed E-state index contributed by atoms with van der Waals surface area (Å²) in [6.45, 7) is 5.90. The molecule has 4 rings (SSSR count). The van der Waals surface area contributed by atoms with Crippen molar-refractivity contribution in [2.24, 2.45) is 0 Å². The van der Waals surface area contributed by atoms with Gasteiger partial charge in [0.05, 0.1) is 36.2 Å². The normalized spacial score (nSPS) is 11.8. The van der Waals surface area contributed by atoms with Gasteiger partial charge in [0.1, 0.15) is 17.0 Å². The molecule has 0 aliphatic heterocycles. The van der Waals surface area contributed by atoms with Crippen molar-refractivity contribution in [3.8, 4) is 11.5 Å². The molecule has 146 valence electrons. The van der Waals surface area contributed by atoms with Crippen LogP contribution in [0.25, 0.3) is 33.1 Å². The molecule has 0 unspecified atom stereocenters. The SMILES string of the molecule is COc1cc(OC)c2c3nc4c(C)c(C)ccc4nc3n(CCN(C)C)c2c1. The minimum absolute atomic E-state index is 0.752. The lowest BCUT2D eigenvalue weighted by atomic mass is 10.1. The quantitative estimate of drug-likeness (QED) is 0.527. The Kier molecular flexibility index (Phi) is 4.59. The second-order valence-electron chi connectivity index (χ2n) is 7.45. The van der Waals surface area contributed by atoms with E-state index in [1.54, 1.807) is 14.2 Å². The maximum atomic E-state index is 5.71. The third-order valence-corrected chi connectivity index (χ3v) is 5.41. The lowest BCUT2D eigenvalue weighted by Gasteiger charge is -2.13. The lowest BCUT2D eigenvalue weighted by Crippen LogP contribution is -2.18. The van der Waals surface area contributed by atoms with Crippen molar-refractivity contribution in [2.75, 3.05) is 34.9 Å². The van der Waals surface area contributed by atoms with Gasteiger partial charge in [0.15, 0.2) is 5.65 Å². The fourth-order valence-electron chi connectivity index (χ4n) is 3.65. The van der Waals surface area contributed by atoms with Gasteiger partial charge in [-0.2, -0.15) is 0 Å². The van der Waals surface area contributed by atoms with Crippen molar-refractivity contribution in [2.45, 2.75) is 20.4 Å². The molecule has 28 heavy (non-hydrogen) atoms. The Morgan fingerprint density at radius 2 is 1.79 bits per heavy atom. The topological polar surface area (TPSA) is 52.4 Å². The van der Waals surface area contributed by atoms with E-state index in [1.165, 1.54) is 5.56 Å². The van der Waals surface area contributed by atoms with Crippen LogP contribution in [-0.4, -0.2) is 54.3 Å². The van der Waals surface area contributed by atoms with E-state index in [0.29, 0.717) is 0 Å². The molecule has 6 heteroatoms. The molecular weight excluding hydrogens is 352 g/mol. The molecule has 0 amide bonds. The number of ether oxygens (including phenoxy) is 2. The number of aromatic nitrogens is 3. The van der Waals surface area contributed by atoms with Crippen LogP contribution >= 0.6 is 0 Å². The zero-order valence-corrected chi connectivity index (χ0v) is 17.3. The summed E-state index contributed by atoms with van der Waals surface area (Å²) in [6.07, 6.45) is 0. The first kappa shape index (κ1) is 18.5. The van der Waals surface area contributed by atoms with Crippen molar-refractivity contribution in [3.63, 3.8) is 0 Å². The van der Waals surface area contributed by atoms with Crippen molar-refractivity contribution < 1.29 is 9.47 Å². The molecular formula is C22H26N4O2. The maximum Gasteiger partial charge on any atom is 0.160 e. The first-order chi connectivity index (χ1) is 13.4. The zero-order chi connectivity index (χ0) is 20.0. The number of nitrogens with zero attached hydrogens (tertiary/aromatic N) is 4. The van der Waals surface area contributed by atoms with Gasteiger partial charge in [0.25, 0.3) is 0 Å². The molecule has 2 aromatic heterocycles. The first-order valence-electron chi connectivity index (χ1n) is 9.41. The first-order valence-corrected chi connectivity index (χ1v) is 9.41. The van der Waals surface area contributed by atoms with Gasteiger partial charge in [-0.1, -0.05) is 6.07 Å². The van der Waals surface area contributed by atoms with Gasteiger partial charge < -0.3 is 18.9 Å². The van der Waals surface area contributed by atoms with Crippen LogP contribution in [-0.2, 0) is 6.54 Å². The molecule has 6 nitrogen and oxygen atoms in total. The van der Waals surface area contributed by atoms with E-state index < -0.39 is 0 Å². The van der Waals surface area contributed by atoms with Gasteiger partial charge in [-0.3, -0.25) is 0 Å². The number of methoxy groups -OCH3 is 2. The highest BCUT2D eigenvalue weighted by molar-refractivity contribution is 6.10. The van der Waals surface area contributed by atoms with Gasteiger partial charge in [-0.05, 0) is 45.1 Å². The molecule has 0 bridgehead atoms. The number of aryl methyl sites for hydroxylation is 2. The molecule has 0 atom stereocenters. The van der Waals surface area contributed by atoms with E-state index in [9.17, 15) is 0 Å². The Morgan fingerprint density at radius 3 is 2.46 bits per heavy atom. The number of fused-ring (bicyclic) bond motifs is 4. The molecule has 0 radical (unpaired) electrons. The third kappa shape index (κ3) is 2.85. The average molecular weight is 378 g/mol. The van der Waals surface area contributed by atoms with E-state index in [-0.39, 0.29) is 0 Å². The van der Waals surface area contributed by atoms with Crippen molar-refractivity contribution in [3.05, 3.63) is 35.4 Å². The molecule has 0 N–H and O–H groups in total. The van der Waals surface area contributed by atoms with Crippen molar-refractivity contribution in [1.82, 2.24) is 19.4 Å². The highest BCUT2D eigenvalue weighted by Crippen LogP contribution is 2.38. The molecule has 0 fully saturated rings. The Morgan fingerprint density at radius 1 is 1.00 bits per heavy atom. The van der Waals surface area contributed by atoms with Gasteiger partial charge in [-0.25, -0.2) is 9.97 Å². The maximum absolute atomic E-state index is 5.71. The van der Waals surface area contributed by atoms with E-state index in [2.05, 4.69) is 49.5 Å². The molecule has 0 saturated carbocycles. The summed E-state index contributed by atoms with van der Waals surface area (Å²) < 4.78 is 13.4. The van der Waals surface area contributed by atoms with Crippen molar-refractivity contribution >= 4 is 33.1 Å². The monoisotopic (exact) mass is 378 g/mol. The number of hydrogen-bond donors (Lipinski definition) is 0. The van der Waals surface area contributed by atoms with Crippen LogP contribution in [0, 0.1) is 13.8 Å². The molecule has 4 aromatic rings. The van der Waals surface area contributed by atoms with Crippen LogP contribution in [0.4, 0.5) is 0 Å². The van der Waals surface area contributed by atoms with E-state index in [1.807, 2.05) is 12.1 Å². The fraction of sp³-hybridized carbons (Fsp3) is 0.364. The van der Waals surface area contributed by atoms with Gasteiger partial charge in [-0.15, -0.1) is 0 Å². The Hall–Kier alpha value is -2.86. The Labute approximate surface area is 164 Å². The fourth-order valence-corrected chi connectivity index (χ4v) is 3.65. The summed E-state index contributed by atoms with van der Waals surface area (Å²) in [6, 6.07) is 8.11. The summed E-state index contributed by atoms with van der Waals surface area (Å²) in [5.74, 6) is 1.51. The van der Waals surface area contributed by atoms with Gasteiger partial charge in [0.2, 0.25) is 0 Å². The second kappa shape index (κ2) is 6.95. The highest BCUT2D eigenvalue weighted by atomic mass is 16.5. The molecule has 2 heterocycles. The van der Waals surface area contributed by atoms with E-state index in [0.717, 1.165) is 63.3 Å². The molecule has 0 spiro atoms. The predicted octanol–water partition coefficient (Wildman–Crippen LogP) is 3.93. The largest absolute Gasteiger partial charge is 0.497 e. The van der Waals surface area contributed by atoms with Crippen LogP contribution in [0.3, 0.4) is 0 Å². The van der Waals surface area contributed by atoms with Crippen LogP contribution in [0.15, 0.2) is 24.3 Å². The smallest absolute Gasteiger partial charge is 0.160 e. The molecule has 0 saturated heterocycles. The zero-order valence-electron chi connectivity index (χ0n) is 17.3. The number of rotatable bonds is 5. The second-order valence-corrected chi connectivity index (χ2v) is 7.45. The Bertz CT molecular complexity index is 1190. The highest BCUT2D eigenvalue weighted by Gasteiger charge is 2.20. The summed E-state index contributed by atoms with van der Waals surface area (Å²) in [5, 5.41) is 0.979. The van der Waals surface area contributed by atoms with E-state index in [4.69, 9.17) is 19.4 Å². The summed E-state index contributed by atoms with van der Waals surface area (Å²) in [4.78, 5) is 12.2. The van der Waals surface area contributed by atoms with Gasteiger partial charge >= 0.3 is 0 Å². The van der Waals surface area contributed by atoms with Crippen molar-refractivity contribution in [1.29, 1.82) is 0 Å². The van der Waals surface area contributed by atoms with Crippen LogP contribution in [0.5, 0.6) is 11.5 Å². The number of hydrogen-bond acceptors (Lipinski definition) is 5. The van der Waals surface area contributed by atoms with Gasteiger partial charge in [0, 0.05) is 25.2 Å². The minimum atomic E-state index is 0.752. The van der Waals surface area contributed by atoms with Crippen LogP contribution in [0.1, 0.15) is 11.1 Å².